The summed E-state index contributed by atoms with van der Waals surface area (Å²) in [5, 5.41) is 6.94. The molecule has 0 bridgehead atoms. The standard InChI is InChI=1S/C18H19N3O2/c1-11-15(12-5-3-2-4-6-12)16(11)17(22)19-10-9-14-20-18(23-21-14)13-7-8-13/h2-6,13,16H,7-10H2,1H3,(H,19,22). The van der Waals surface area contributed by atoms with Gasteiger partial charge in [0.25, 0.3) is 0 Å². The molecule has 1 heterocycles. The second kappa shape index (κ2) is 5.65. The smallest absolute Gasteiger partial charge is 0.231 e. The third-order valence-corrected chi connectivity index (χ3v) is 4.47. The first-order chi connectivity index (χ1) is 11.2. The molecule has 1 atom stereocenters. The molecule has 2 aromatic rings. The first-order valence-electron chi connectivity index (χ1n) is 8.10. The van der Waals surface area contributed by atoms with E-state index in [4.69, 9.17) is 4.52 Å². The molecule has 1 unspecified atom stereocenters. The number of benzene rings is 1. The number of nitrogens with one attached hydrogen (secondary N) is 1. The highest BCUT2D eigenvalue weighted by atomic mass is 16.5. The Hall–Kier alpha value is -2.43. The van der Waals surface area contributed by atoms with Crippen molar-refractivity contribution in [3.05, 3.63) is 53.2 Å². The van der Waals surface area contributed by atoms with Crippen LogP contribution in [0.5, 0.6) is 0 Å². The number of rotatable bonds is 6. The van der Waals surface area contributed by atoms with E-state index < -0.39 is 0 Å². The molecule has 2 aliphatic carbocycles. The van der Waals surface area contributed by atoms with Crippen molar-refractivity contribution in [1.82, 2.24) is 15.5 Å². The van der Waals surface area contributed by atoms with E-state index in [9.17, 15) is 4.79 Å². The monoisotopic (exact) mass is 309 g/mol. The third-order valence-electron chi connectivity index (χ3n) is 4.47. The largest absolute Gasteiger partial charge is 0.355 e. The van der Waals surface area contributed by atoms with Crippen molar-refractivity contribution in [3.63, 3.8) is 0 Å². The van der Waals surface area contributed by atoms with Crippen molar-refractivity contribution in [2.45, 2.75) is 32.1 Å². The number of carbonyl (C=O) groups excluding carboxylic acids is 1. The zero-order valence-electron chi connectivity index (χ0n) is 13.1. The molecule has 118 valence electrons. The van der Waals surface area contributed by atoms with Gasteiger partial charge in [-0.3, -0.25) is 4.79 Å². The zero-order valence-corrected chi connectivity index (χ0v) is 13.1. The van der Waals surface area contributed by atoms with E-state index in [-0.39, 0.29) is 11.8 Å². The van der Waals surface area contributed by atoms with E-state index in [1.54, 1.807) is 0 Å². The van der Waals surface area contributed by atoms with Crippen molar-refractivity contribution in [3.8, 4) is 0 Å². The Balaban J connectivity index is 1.28. The van der Waals surface area contributed by atoms with Crippen LogP contribution in [0, 0.1) is 5.92 Å². The molecule has 5 nitrogen and oxygen atoms in total. The molecule has 2 aliphatic rings. The summed E-state index contributed by atoms with van der Waals surface area (Å²) >= 11 is 0. The number of amides is 1. The van der Waals surface area contributed by atoms with Crippen molar-refractivity contribution in [2.75, 3.05) is 6.54 Å². The van der Waals surface area contributed by atoms with E-state index >= 15 is 0 Å². The molecule has 1 N–H and O–H groups in total. The van der Waals surface area contributed by atoms with Crippen LogP contribution in [0.1, 0.15) is 43.0 Å². The fraction of sp³-hybridized carbons (Fsp3) is 0.389. The zero-order chi connectivity index (χ0) is 15.8. The van der Waals surface area contributed by atoms with Crippen molar-refractivity contribution >= 4 is 11.5 Å². The minimum atomic E-state index is -0.0790. The maximum atomic E-state index is 12.3. The van der Waals surface area contributed by atoms with Gasteiger partial charge in [-0.25, -0.2) is 0 Å². The third kappa shape index (κ3) is 2.91. The fourth-order valence-electron chi connectivity index (χ4n) is 2.93. The molecule has 4 rings (SSSR count). The van der Waals surface area contributed by atoms with E-state index in [0.29, 0.717) is 24.7 Å². The lowest BCUT2D eigenvalue weighted by atomic mass is 10.1. The summed E-state index contributed by atoms with van der Waals surface area (Å²) in [5.41, 5.74) is 3.44. The number of aromatic nitrogens is 2. The van der Waals surface area contributed by atoms with E-state index in [1.165, 1.54) is 0 Å². The maximum absolute atomic E-state index is 12.3. The maximum Gasteiger partial charge on any atom is 0.231 e. The Labute approximate surface area is 134 Å². The van der Waals surface area contributed by atoms with Gasteiger partial charge in [0, 0.05) is 18.9 Å². The van der Waals surface area contributed by atoms with Gasteiger partial charge in [-0.15, -0.1) is 0 Å². The second-order valence-corrected chi connectivity index (χ2v) is 6.26. The number of hydrogen-bond acceptors (Lipinski definition) is 4. The Kier molecular flexibility index (Phi) is 3.48. The highest BCUT2D eigenvalue weighted by molar-refractivity contribution is 6.05. The highest BCUT2D eigenvalue weighted by Gasteiger charge is 2.39. The molecule has 0 aliphatic heterocycles. The minimum absolute atomic E-state index is 0.0623. The Bertz CT molecular complexity index is 760. The van der Waals surface area contributed by atoms with E-state index in [0.717, 1.165) is 35.4 Å². The van der Waals surface area contributed by atoms with E-state index in [1.807, 2.05) is 37.3 Å². The Morgan fingerprint density at radius 3 is 2.83 bits per heavy atom. The van der Waals surface area contributed by atoms with Gasteiger partial charge in [0.2, 0.25) is 11.8 Å². The van der Waals surface area contributed by atoms with Crippen molar-refractivity contribution in [1.29, 1.82) is 0 Å². The number of nitrogens with zero attached hydrogens (tertiary/aromatic N) is 2. The topological polar surface area (TPSA) is 68.0 Å². The summed E-state index contributed by atoms with van der Waals surface area (Å²) in [6.07, 6.45) is 2.90. The normalized spacial score (nSPS) is 19.8. The van der Waals surface area contributed by atoms with Crippen LogP contribution < -0.4 is 5.32 Å². The fourth-order valence-corrected chi connectivity index (χ4v) is 2.93. The van der Waals surface area contributed by atoms with Gasteiger partial charge in [-0.05, 0) is 30.9 Å². The van der Waals surface area contributed by atoms with Gasteiger partial charge in [0.15, 0.2) is 5.82 Å². The van der Waals surface area contributed by atoms with Gasteiger partial charge in [0.1, 0.15) is 0 Å². The predicted octanol–water partition coefficient (Wildman–Crippen LogP) is 2.71. The van der Waals surface area contributed by atoms with Gasteiger partial charge < -0.3 is 9.84 Å². The summed E-state index contributed by atoms with van der Waals surface area (Å²) in [4.78, 5) is 16.7. The summed E-state index contributed by atoms with van der Waals surface area (Å²) < 4.78 is 5.22. The predicted molar refractivity (Wildman–Crippen MR) is 85.5 cm³/mol. The lowest BCUT2D eigenvalue weighted by molar-refractivity contribution is -0.121. The van der Waals surface area contributed by atoms with Crippen LogP contribution in [0.25, 0.3) is 5.57 Å². The van der Waals surface area contributed by atoms with Crippen LogP contribution in [-0.2, 0) is 11.2 Å². The van der Waals surface area contributed by atoms with Crippen LogP contribution >= 0.6 is 0 Å². The van der Waals surface area contributed by atoms with E-state index in [2.05, 4.69) is 15.5 Å². The molecule has 23 heavy (non-hydrogen) atoms. The molecule has 1 aromatic heterocycles. The van der Waals surface area contributed by atoms with Gasteiger partial charge in [-0.1, -0.05) is 41.1 Å². The van der Waals surface area contributed by atoms with Crippen LogP contribution in [0.15, 0.2) is 40.4 Å². The second-order valence-electron chi connectivity index (χ2n) is 6.26. The summed E-state index contributed by atoms with van der Waals surface area (Å²) in [5.74, 6) is 1.88. The summed E-state index contributed by atoms with van der Waals surface area (Å²) in [6, 6.07) is 10.1. The van der Waals surface area contributed by atoms with Crippen molar-refractivity contribution in [2.24, 2.45) is 5.92 Å². The van der Waals surface area contributed by atoms with Crippen LogP contribution in [0.2, 0.25) is 0 Å². The van der Waals surface area contributed by atoms with Gasteiger partial charge in [-0.2, -0.15) is 4.98 Å². The Morgan fingerprint density at radius 2 is 2.09 bits per heavy atom. The van der Waals surface area contributed by atoms with Crippen LogP contribution in [0.3, 0.4) is 0 Å². The van der Waals surface area contributed by atoms with Crippen LogP contribution in [0.4, 0.5) is 0 Å². The minimum Gasteiger partial charge on any atom is -0.355 e. The average Bonchev–Trinajstić information content (AvgIpc) is 3.47. The molecule has 0 radical (unpaired) electrons. The lowest BCUT2D eigenvalue weighted by Gasteiger charge is -2.04. The lowest BCUT2D eigenvalue weighted by Crippen LogP contribution is -2.28. The average molecular weight is 309 g/mol. The summed E-state index contributed by atoms with van der Waals surface area (Å²) in [6.45, 7) is 2.56. The molecule has 0 saturated heterocycles. The van der Waals surface area contributed by atoms with Crippen molar-refractivity contribution < 1.29 is 9.32 Å². The molecule has 1 aromatic carbocycles. The molecule has 5 heteroatoms. The Morgan fingerprint density at radius 1 is 1.30 bits per heavy atom. The van der Waals surface area contributed by atoms with Gasteiger partial charge >= 0.3 is 0 Å². The van der Waals surface area contributed by atoms with Crippen LogP contribution in [-0.4, -0.2) is 22.6 Å². The summed E-state index contributed by atoms with van der Waals surface area (Å²) in [7, 11) is 0. The molecule has 1 saturated carbocycles. The number of carbonyl (C=O) groups is 1. The molecule has 1 amide bonds. The number of hydrogen-bond donors (Lipinski definition) is 1. The SMILES string of the molecule is CC1=C(c2ccccc2)C1C(=O)NCCc1noc(C2CC2)n1. The first-order valence-corrected chi connectivity index (χ1v) is 8.10. The first kappa shape index (κ1) is 14.2. The molecular weight excluding hydrogens is 290 g/mol. The molecule has 0 spiro atoms. The highest BCUT2D eigenvalue weighted by Crippen LogP contribution is 2.46. The molecule has 1 fully saturated rings. The van der Waals surface area contributed by atoms with Gasteiger partial charge in [0.05, 0.1) is 5.92 Å². The quantitative estimate of drug-likeness (QED) is 0.891. The molecular formula is C18H19N3O2.